The summed E-state index contributed by atoms with van der Waals surface area (Å²) in [5, 5.41) is 10.7. The standard InChI is InChI=1S/C10H10F3N3O4.C9H14BN3O4.C2H6.CH4/c11-10(12,13)9(20)16(14)8(19)2-1-5-15-6(17)3-4-7(15)18;1-10(17)12-11-7(14)3-2-6-13-8(15)4-5-9(13)16;1-2;/h3-4H,1-2,5,14H2;4-5,12,17H,2-3,6H2,1H3,(H,11,14);1-2H3;1H4/i;;1D;. The van der Waals surface area contributed by atoms with Gasteiger partial charge in [0.15, 0.2) is 0 Å². The molecule has 0 spiro atoms. The predicted molar refractivity (Wildman–Crippen MR) is 135 cm³/mol. The molecule has 2 rings (SSSR count). The summed E-state index contributed by atoms with van der Waals surface area (Å²) in [6.45, 7) is 3.82. The molecule has 0 aromatic carbocycles. The SMILES string of the molecule is C.CB(O)NNC(=O)CCCN1C(=O)C=CC1=O.NN(C(=O)CCCN1C(=O)C=CC1=O)C(=O)C(F)(F)F.[2H]CC. The third-order valence-corrected chi connectivity index (χ3v) is 4.51. The Balaban J connectivity index is 0. The number of imide groups is 3. The number of hydrogen-bond donors (Lipinski definition) is 4. The van der Waals surface area contributed by atoms with Crippen molar-refractivity contribution in [3.63, 3.8) is 0 Å². The number of carbonyl (C=O) groups excluding carboxylic acids is 7. The van der Waals surface area contributed by atoms with Crippen LogP contribution in [0.1, 0.15) is 48.3 Å². The molecule has 2 aliphatic rings. The van der Waals surface area contributed by atoms with Gasteiger partial charge in [-0.15, -0.1) is 0 Å². The fraction of sp³-hybridized carbons (Fsp3) is 0.500. The molecular weight excluding hydrogens is 544 g/mol. The molecule has 0 atom stereocenters. The second kappa shape index (κ2) is 18.4. The van der Waals surface area contributed by atoms with E-state index in [1.807, 2.05) is 0 Å². The van der Waals surface area contributed by atoms with E-state index in [9.17, 15) is 46.7 Å². The molecule has 0 aromatic rings. The maximum atomic E-state index is 12.0. The Morgan fingerprint density at radius 2 is 1.35 bits per heavy atom. The van der Waals surface area contributed by atoms with E-state index in [4.69, 9.17) is 12.2 Å². The van der Waals surface area contributed by atoms with Gasteiger partial charge in [-0.05, 0) is 19.7 Å². The molecule has 0 bridgehead atoms. The number of carbonyl (C=O) groups is 7. The second-order valence-corrected chi connectivity index (χ2v) is 7.47. The number of halogens is 3. The molecule has 224 valence electrons. The zero-order valence-corrected chi connectivity index (χ0v) is 21.2. The fourth-order valence-corrected chi connectivity index (χ4v) is 2.71. The first-order valence-electron chi connectivity index (χ1n) is 12.0. The van der Waals surface area contributed by atoms with Crippen molar-refractivity contribution < 1.29 is 53.1 Å². The van der Waals surface area contributed by atoms with Crippen molar-refractivity contribution in [2.24, 2.45) is 5.84 Å². The molecule has 0 unspecified atom stereocenters. The molecule has 0 saturated heterocycles. The van der Waals surface area contributed by atoms with Crippen LogP contribution >= 0.6 is 0 Å². The van der Waals surface area contributed by atoms with Crippen LogP contribution in [0.25, 0.3) is 0 Å². The molecule has 14 nitrogen and oxygen atoms in total. The topological polar surface area (TPSA) is 200 Å². The van der Waals surface area contributed by atoms with Crippen molar-refractivity contribution in [2.75, 3.05) is 13.1 Å². The van der Waals surface area contributed by atoms with Crippen LogP contribution in [-0.2, 0) is 33.6 Å². The van der Waals surface area contributed by atoms with Gasteiger partial charge in [0.2, 0.25) is 11.8 Å². The number of nitrogens with two attached hydrogens (primary N) is 1. The fourth-order valence-electron chi connectivity index (χ4n) is 2.71. The van der Waals surface area contributed by atoms with E-state index in [-0.39, 0.29) is 51.1 Å². The van der Waals surface area contributed by atoms with Crippen LogP contribution in [0.15, 0.2) is 24.3 Å². The summed E-state index contributed by atoms with van der Waals surface area (Å²) in [5.41, 5.74) is 2.29. The lowest BCUT2D eigenvalue weighted by Crippen LogP contribution is -2.49. The Hall–Kier alpha value is -3.90. The Morgan fingerprint density at radius 3 is 1.70 bits per heavy atom. The van der Waals surface area contributed by atoms with Crippen molar-refractivity contribution in [3.8, 4) is 0 Å². The van der Waals surface area contributed by atoms with Crippen molar-refractivity contribution >= 4 is 48.4 Å². The minimum Gasteiger partial charge on any atom is -0.436 e. The quantitative estimate of drug-likeness (QED) is 0.0866. The van der Waals surface area contributed by atoms with Gasteiger partial charge in [-0.2, -0.15) is 13.2 Å². The third-order valence-electron chi connectivity index (χ3n) is 4.51. The first-order valence-corrected chi connectivity index (χ1v) is 11.3. The monoisotopic (exact) mass is 579 g/mol. The van der Waals surface area contributed by atoms with Gasteiger partial charge in [-0.3, -0.25) is 43.4 Å². The molecule has 2 aliphatic heterocycles. The minimum atomic E-state index is -5.24. The average Bonchev–Trinajstić information content (AvgIpc) is 3.37. The normalized spacial score (nSPS) is 14.0. The van der Waals surface area contributed by atoms with Gasteiger partial charge in [0.1, 0.15) is 0 Å². The van der Waals surface area contributed by atoms with E-state index < -0.39 is 48.3 Å². The Bertz CT molecular complexity index is 990. The molecule has 0 aliphatic carbocycles. The van der Waals surface area contributed by atoms with E-state index in [1.165, 1.54) is 19.0 Å². The summed E-state index contributed by atoms with van der Waals surface area (Å²) in [5.74, 6) is -1.12. The summed E-state index contributed by atoms with van der Waals surface area (Å²) in [6, 6.07) is 0. The number of nitrogens with zero attached hydrogens (tertiary/aromatic N) is 3. The van der Waals surface area contributed by atoms with Crippen LogP contribution in [0.3, 0.4) is 0 Å². The lowest BCUT2D eigenvalue weighted by atomic mass is 9.91. The van der Waals surface area contributed by atoms with Crippen LogP contribution in [0.2, 0.25) is 6.82 Å². The van der Waals surface area contributed by atoms with Crippen LogP contribution in [0.4, 0.5) is 13.2 Å². The predicted octanol–water partition coefficient (Wildman–Crippen LogP) is -0.432. The summed E-state index contributed by atoms with van der Waals surface area (Å²) in [4.78, 5) is 79.5. The highest BCUT2D eigenvalue weighted by Gasteiger charge is 2.43. The molecule has 2 heterocycles. The molecule has 5 N–H and O–H groups in total. The summed E-state index contributed by atoms with van der Waals surface area (Å²) in [7, 11) is -0.829. The summed E-state index contributed by atoms with van der Waals surface area (Å²) in [6.07, 6.45) is -0.821. The lowest BCUT2D eigenvalue weighted by Gasteiger charge is -2.17. The Kier molecular flexibility index (Phi) is 16.6. The zero-order chi connectivity index (χ0) is 31.0. The van der Waals surface area contributed by atoms with Gasteiger partial charge in [0.05, 0.1) is 0 Å². The number of amides is 7. The third kappa shape index (κ3) is 13.3. The highest BCUT2D eigenvalue weighted by atomic mass is 19.4. The van der Waals surface area contributed by atoms with E-state index in [0.29, 0.717) is 13.3 Å². The number of alkyl halides is 3. The maximum Gasteiger partial charge on any atom is 0.473 e. The molecule has 0 saturated carbocycles. The molecule has 7 amide bonds. The number of hydrazine groups is 2. The van der Waals surface area contributed by atoms with Gasteiger partial charge in [0, 0.05) is 51.6 Å². The zero-order valence-electron chi connectivity index (χ0n) is 22.2. The van der Waals surface area contributed by atoms with Gasteiger partial charge in [-0.25, -0.2) is 16.2 Å². The molecular formula is C22H34BF3N6O8. The van der Waals surface area contributed by atoms with Crippen LogP contribution in [-0.4, -0.2) is 87.5 Å². The summed E-state index contributed by atoms with van der Waals surface area (Å²) < 4.78 is 42.2. The van der Waals surface area contributed by atoms with Crippen LogP contribution in [0, 0.1) is 0 Å². The van der Waals surface area contributed by atoms with Crippen LogP contribution < -0.4 is 16.6 Å². The van der Waals surface area contributed by atoms with Crippen LogP contribution in [0.5, 0.6) is 0 Å². The number of hydrogen-bond acceptors (Lipinski definition) is 10. The van der Waals surface area contributed by atoms with E-state index in [2.05, 4.69) is 10.8 Å². The first-order chi connectivity index (χ1) is 18.6. The highest BCUT2D eigenvalue weighted by Crippen LogP contribution is 2.17. The Labute approximate surface area is 230 Å². The number of nitrogens with one attached hydrogen (secondary N) is 2. The van der Waals surface area contributed by atoms with E-state index in [1.54, 1.807) is 6.92 Å². The minimum absolute atomic E-state index is 0. The van der Waals surface area contributed by atoms with Crippen molar-refractivity contribution in [1.29, 1.82) is 0 Å². The van der Waals surface area contributed by atoms with Crippen molar-refractivity contribution in [1.82, 2.24) is 25.6 Å². The number of rotatable bonds is 10. The Morgan fingerprint density at radius 1 is 0.975 bits per heavy atom. The largest absolute Gasteiger partial charge is 0.473 e. The van der Waals surface area contributed by atoms with Gasteiger partial charge in [-0.1, -0.05) is 21.3 Å². The van der Waals surface area contributed by atoms with E-state index >= 15 is 0 Å². The molecule has 0 fully saturated rings. The van der Waals surface area contributed by atoms with Gasteiger partial charge < -0.3 is 10.4 Å². The lowest BCUT2D eigenvalue weighted by molar-refractivity contribution is -0.188. The molecule has 40 heavy (non-hydrogen) atoms. The van der Waals surface area contributed by atoms with E-state index in [0.717, 1.165) is 22.0 Å². The smallest absolute Gasteiger partial charge is 0.436 e. The first kappa shape index (κ1) is 36.1. The van der Waals surface area contributed by atoms with Gasteiger partial charge in [0.25, 0.3) is 23.6 Å². The molecule has 0 aromatic heterocycles. The maximum absolute atomic E-state index is 12.0. The summed E-state index contributed by atoms with van der Waals surface area (Å²) >= 11 is 0. The van der Waals surface area contributed by atoms with Gasteiger partial charge >= 0.3 is 19.1 Å². The average molecular weight is 579 g/mol. The highest BCUT2D eigenvalue weighted by molar-refractivity contribution is 6.45. The van der Waals surface area contributed by atoms with Crippen molar-refractivity contribution in [2.45, 2.75) is 59.9 Å². The van der Waals surface area contributed by atoms with Crippen molar-refractivity contribution in [3.05, 3.63) is 24.3 Å². The molecule has 0 radical (unpaired) electrons. The second-order valence-electron chi connectivity index (χ2n) is 7.47. The molecule has 18 heteroatoms.